The molecule has 0 aliphatic carbocycles. The lowest BCUT2D eigenvalue weighted by Gasteiger charge is -2.34. The number of sulfonamides is 1. The van der Waals surface area contributed by atoms with E-state index in [0.717, 1.165) is 21.3 Å². The molecule has 1 aliphatic heterocycles. The van der Waals surface area contributed by atoms with Crippen molar-refractivity contribution >= 4 is 15.9 Å². The Morgan fingerprint density at radius 3 is 2.27 bits per heavy atom. The fourth-order valence-electron chi connectivity index (χ4n) is 3.59. The van der Waals surface area contributed by atoms with Gasteiger partial charge in [-0.2, -0.15) is 9.40 Å². The lowest BCUT2D eigenvalue weighted by atomic mass is 10.1. The lowest BCUT2D eigenvalue weighted by molar-refractivity contribution is -0.132. The van der Waals surface area contributed by atoms with Crippen LogP contribution in [0.5, 0.6) is 0 Å². The van der Waals surface area contributed by atoms with Gasteiger partial charge < -0.3 is 4.90 Å². The molecule has 0 N–H and O–H groups in total. The van der Waals surface area contributed by atoms with Gasteiger partial charge in [-0.3, -0.25) is 9.48 Å². The fourth-order valence-corrected chi connectivity index (χ4v) is 5.07. The predicted molar refractivity (Wildman–Crippen MR) is 103 cm³/mol. The van der Waals surface area contributed by atoms with Crippen LogP contribution in [0.4, 0.5) is 13.2 Å². The lowest BCUT2D eigenvalue weighted by Crippen LogP contribution is -2.50. The first-order valence-corrected chi connectivity index (χ1v) is 10.9. The molecule has 7 nitrogen and oxygen atoms in total. The maximum absolute atomic E-state index is 14.0. The number of aromatic nitrogens is 2. The van der Waals surface area contributed by atoms with E-state index in [0.29, 0.717) is 18.6 Å². The first-order valence-electron chi connectivity index (χ1n) is 9.44. The molecule has 1 saturated heterocycles. The van der Waals surface area contributed by atoms with E-state index in [1.54, 1.807) is 9.58 Å². The third-order valence-electron chi connectivity index (χ3n) is 5.46. The second-order valence-electron chi connectivity index (χ2n) is 7.23. The van der Waals surface area contributed by atoms with Crippen molar-refractivity contribution in [1.82, 2.24) is 19.0 Å². The van der Waals surface area contributed by atoms with Crippen LogP contribution in [0, 0.1) is 31.3 Å². The number of hydrogen-bond donors (Lipinski definition) is 0. The van der Waals surface area contributed by atoms with Crippen molar-refractivity contribution in [2.24, 2.45) is 7.05 Å². The molecule has 30 heavy (non-hydrogen) atoms. The van der Waals surface area contributed by atoms with Gasteiger partial charge in [-0.25, -0.2) is 21.6 Å². The summed E-state index contributed by atoms with van der Waals surface area (Å²) in [5.74, 6) is -5.14. The number of nitrogens with zero attached hydrogens (tertiary/aromatic N) is 4. The van der Waals surface area contributed by atoms with E-state index in [-0.39, 0.29) is 38.5 Å². The Morgan fingerprint density at radius 1 is 1.07 bits per heavy atom. The summed E-state index contributed by atoms with van der Waals surface area (Å²) in [6.45, 7) is 3.96. The quantitative estimate of drug-likeness (QED) is 0.661. The van der Waals surface area contributed by atoms with E-state index >= 15 is 0 Å². The molecule has 3 rings (SSSR count). The number of carbonyl (C=O) groups is 1. The Bertz CT molecular complexity index is 1080. The minimum absolute atomic E-state index is 0.0581. The Morgan fingerprint density at radius 2 is 1.70 bits per heavy atom. The van der Waals surface area contributed by atoms with Gasteiger partial charge in [-0.05, 0) is 38.0 Å². The third-order valence-corrected chi connectivity index (χ3v) is 7.37. The van der Waals surface area contributed by atoms with E-state index in [1.165, 1.54) is 0 Å². The average Bonchev–Trinajstić information content (AvgIpc) is 2.95. The van der Waals surface area contributed by atoms with E-state index in [2.05, 4.69) is 5.10 Å². The van der Waals surface area contributed by atoms with Gasteiger partial charge in [0.15, 0.2) is 17.5 Å². The zero-order valence-corrected chi connectivity index (χ0v) is 17.8. The molecule has 0 saturated carbocycles. The molecule has 11 heteroatoms. The molecule has 0 spiro atoms. The SMILES string of the molecule is Cc1nn(C)c(C)c1CCC(=O)N1CCN(S(=O)(=O)c2ccc(F)c(F)c2F)CC1. The fraction of sp³-hybridized carbons (Fsp3) is 0.474. The number of aryl methyl sites for hydroxylation is 2. The second-order valence-corrected chi connectivity index (χ2v) is 9.14. The Kier molecular flexibility index (Phi) is 6.23. The molecule has 1 amide bonds. The molecule has 0 atom stereocenters. The molecule has 0 radical (unpaired) electrons. The van der Waals surface area contributed by atoms with Crippen LogP contribution in [-0.2, 0) is 28.3 Å². The molecule has 1 aromatic heterocycles. The monoisotopic (exact) mass is 444 g/mol. The van der Waals surface area contributed by atoms with E-state index in [4.69, 9.17) is 0 Å². The number of piperazine rings is 1. The molecule has 2 aromatic rings. The normalized spacial score (nSPS) is 15.6. The smallest absolute Gasteiger partial charge is 0.246 e. The zero-order chi connectivity index (χ0) is 22.2. The standard InChI is InChI=1S/C19H23F3N4O3S/c1-12-14(13(2)24(3)23-12)4-7-17(27)25-8-10-26(11-9-25)30(28,29)16-6-5-15(20)18(21)19(16)22/h5-6H,4,7-11H2,1-3H3. The first kappa shape index (κ1) is 22.3. The highest BCUT2D eigenvalue weighted by Gasteiger charge is 2.33. The Labute approximate surface area is 173 Å². The van der Waals surface area contributed by atoms with Crippen LogP contribution in [0.15, 0.2) is 17.0 Å². The van der Waals surface area contributed by atoms with Gasteiger partial charge in [0.1, 0.15) is 4.90 Å². The molecular weight excluding hydrogens is 421 g/mol. The van der Waals surface area contributed by atoms with Crippen molar-refractivity contribution in [2.75, 3.05) is 26.2 Å². The van der Waals surface area contributed by atoms with Crippen LogP contribution < -0.4 is 0 Å². The van der Waals surface area contributed by atoms with Crippen molar-refractivity contribution in [3.8, 4) is 0 Å². The molecule has 1 fully saturated rings. The Balaban J connectivity index is 1.63. The Hall–Kier alpha value is -2.40. The highest BCUT2D eigenvalue weighted by molar-refractivity contribution is 7.89. The third kappa shape index (κ3) is 4.08. The van der Waals surface area contributed by atoms with Gasteiger partial charge >= 0.3 is 0 Å². The number of benzene rings is 1. The number of halogens is 3. The summed E-state index contributed by atoms with van der Waals surface area (Å²) in [5.41, 5.74) is 2.87. The van der Waals surface area contributed by atoms with Gasteiger partial charge in [0.25, 0.3) is 0 Å². The van der Waals surface area contributed by atoms with Crippen LogP contribution in [0.3, 0.4) is 0 Å². The molecule has 0 bridgehead atoms. The molecule has 1 aromatic carbocycles. The summed E-state index contributed by atoms with van der Waals surface area (Å²) in [5, 5.41) is 4.32. The number of carbonyl (C=O) groups excluding carboxylic acids is 1. The van der Waals surface area contributed by atoms with Crippen molar-refractivity contribution in [1.29, 1.82) is 0 Å². The highest BCUT2D eigenvalue weighted by Crippen LogP contribution is 2.24. The molecule has 0 unspecified atom stereocenters. The van der Waals surface area contributed by atoms with Gasteiger partial charge in [0.2, 0.25) is 15.9 Å². The summed E-state index contributed by atoms with van der Waals surface area (Å²) in [6, 6.07) is 1.28. The van der Waals surface area contributed by atoms with E-state index in [1.807, 2.05) is 20.9 Å². The van der Waals surface area contributed by atoms with Crippen molar-refractivity contribution in [3.05, 3.63) is 46.5 Å². The predicted octanol–water partition coefficient (Wildman–Crippen LogP) is 1.92. The van der Waals surface area contributed by atoms with Crippen molar-refractivity contribution < 1.29 is 26.4 Å². The van der Waals surface area contributed by atoms with Crippen LogP contribution >= 0.6 is 0 Å². The minimum atomic E-state index is -4.34. The second kappa shape index (κ2) is 8.38. The topological polar surface area (TPSA) is 75.5 Å². The molecule has 164 valence electrons. The average molecular weight is 444 g/mol. The van der Waals surface area contributed by atoms with Crippen LogP contribution in [0.1, 0.15) is 23.4 Å². The van der Waals surface area contributed by atoms with E-state index < -0.39 is 32.4 Å². The zero-order valence-electron chi connectivity index (χ0n) is 17.0. The highest BCUT2D eigenvalue weighted by atomic mass is 32.2. The summed E-state index contributed by atoms with van der Waals surface area (Å²) >= 11 is 0. The number of hydrogen-bond acceptors (Lipinski definition) is 4. The van der Waals surface area contributed by atoms with Gasteiger partial charge in [-0.15, -0.1) is 0 Å². The van der Waals surface area contributed by atoms with E-state index in [9.17, 15) is 26.4 Å². The van der Waals surface area contributed by atoms with Gasteiger partial charge in [0, 0.05) is 45.3 Å². The summed E-state index contributed by atoms with van der Waals surface area (Å²) in [4.78, 5) is 13.2. The van der Waals surface area contributed by atoms with Crippen molar-refractivity contribution in [3.63, 3.8) is 0 Å². The number of rotatable bonds is 5. The van der Waals surface area contributed by atoms with Crippen LogP contribution in [0.2, 0.25) is 0 Å². The van der Waals surface area contributed by atoms with Gasteiger partial charge in [0.05, 0.1) is 5.69 Å². The van der Waals surface area contributed by atoms with Crippen molar-refractivity contribution in [2.45, 2.75) is 31.6 Å². The minimum Gasteiger partial charge on any atom is -0.340 e. The summed E-state index contributed by atoms with van der Waals surface area (Å²) in [6.07, 6.45) is 0.793. The summed E-state index contributed by atoms with van der Waals surface area (Å²) < 4.78 is 68.5. The maximum Gasteiger partial charge on any atom is 0.246 e. The molecule has 1 aliphatic rings. The van der Waals surface area contributed by atoms with Crippen LogP contribution in [0.25, 0.3) is 0 Å². The summed E-state index contributed by atoms with van der Waals surface area (Å²) in [7, 11) is -2.51. The van der Waals surface area contributed by atoms with Crippen LogP contribution in [-0.4, -0.2) is 59.5 Å². The maximum atomic E-state index is 14.0. The largest absolute Gasteiger partial charge is 0.340 e. The molecular formula is C19H23F3N4O3S. The first-order chi connectivity index (χ1) is 14.0. The molecule has 2 heterocycles. The van der Waals surface area contributed by atoms with Gasteiger partial charge in [-0.1, -0.05) is 0 Å². The number of amides is 1.